The van der Waals surface area contributed by atoms with E-state index in [1.807, 2.05) is 0 Å². The van der Waals surface area contributed by atoms with Gasteiger partial charge < -0.3 is 24.4 Å². The van der Waals surface area contributed by atoms with Crippen molar-refractivity contribution in [2.45, 2.75) is 62.9 Å². The van der Waals surface area contributed by atoms with Crippen LogP contribution in [0.3, 0.4) is 0 Å². The number of aliphatic hydroxyl groups excluding tert-OH is 1. The van der Waals surface area contributed by atoms with Crippen molar-refractivity contribution in [1.82, 2.24) is 14.9 Å². The van der Waals surface area contributed by atoms with Crippen molar-refractivity contribution < 1.29 is 41.0 Å². The molecule has 10 nitrogen and oxygen atoms in total. The second kappa shape index (κ2) is 10.5. The number of hydrogen-bond acceptors (Lipinski definition) is 9. The molecule has 0 spiro atoms. The number of fused-ring (bicyclic) bond motifs is 1. The summed E-state index contributed by atoms with van der Waals surface area (Å²) in [6.45, 7) is 5.16. The van der Waals surface area contributed by atoms with E-state index in [1.165, 1.54) is 23.1 Å². The van der Waals surface area contributed by atoms with Crippen LogP contribution >= 0.6 is 0 Å². The normalized spacial score (nSPS) is 20.5. The lowest BCUT2D eigenvalue weighted by molar-refractivity contribution is -0.139. The minimum atomic E-state index is -4.60. The Morgan fingerprint density at radius 1 is 1.18 bits per heavy atom. The molecule has 1 fully saturated rings. The van der Waals surface area contributed by atoms with Gasteiger partial charge in [-0.25, -0.2) is 23.2 Å². The molecule has 4 rings (SSSR count). The van der Waals surface area contributed by atoms with Crippen LogP contribution in [-0.4, -0.2) is 78.6 Å². The van der Waals surface area contributed by atoms with Crippen LogP contribution in [0.4, 0.5) is 23.8 Å². The van der Waals surface area contributed by atoms with E-state index in [9.17, 15) is 31.5 Å². The van der Waals surface area contributed by atoms with Crippen molar-refractivity contribution in [3.63, 3.8) is 0 Å². The van der Waals surface area contributed by atoms with Crippen molar-refractivity contribution in [1.29, 1.82) is 0 Å². The van der Waals surface area contributed by atoms with E-state index in [2.05, 4.69) is 9.97 Å². The molecule has 14 heteroatoms. The molecule has 2 atom stereocenters. The Labute approximate surface area is 224 Å². The van der Waals surface area contributed by atoms with Gasteiger partial charge in [0.05, 0.1) is 36.6 Å². The topological polar surface area (TPSA) is 122 Å². The zero-order chi connectivity index (χ0) is 28.8. The molecular formula is C25H31F3N4O6S. The van der Waals surface area contributed by atoms with Crippen molar-refractivity contribution in [2.75, 3.05) is 37.4 Å². The molecule has 0 bridgehead atoms. The Hall–Kier alpha value is -2.97. The van der Waals surface area contributed by atoms with Crippen molar-refractivity contribution >= 4 is 21.7 Å². The number of piperazine rings is 1. The van der Waals surface area contributed by atoms with Crippen LogP contribution in [-0.2, 0) is 38.5 Å². The fourth-order valence-electron chi connectivity index (χ4n) is 4.65. The molecule has 2 aromatic rings. The summed E-state index contributed by atoms with van der Waals surface area (Å²) in [6, 6.07) is 4.42. The van der Waals surface area contributed by atoms with Crippen LogP contribution < -0.4 is 4.90 Å². The van der Waals surface area contributed by atoms with Gasteiger partial charge in [-0.2, -0.15) is 13.2 Å². The average Bonchev–Trinajstić information content (AvgIpc) is 2.85. The predicted octanol–water partition coefficient (Wildman–Crippen LogP) is 3.13. The molecule has 0 saturated carbocycles. The van der Waals surface area contributed by atoms with Gasteiger partial charge in [0.1, 0.15) is 11.4 Å². The Morgan fingerprint density at radius 3 is 2.49 bits per heavy atom. The standard InChI is InChI=1S/C25H31F3N4O6S/c1-24(2,3)38-23(34)31-9-10-32(15(12-31)13-33)21-17-14-37-20(11-19(17)29-22(30-21)39(4,35)36)16-7-5-6-8-18(16)25(26,27)28/h5-8,15,20,33H,9-14H2,1-4H3/t15-,20?/m1/s1. The van der Waals surface area contributed by atoms with Gasteiger partial charge >= 0.3 is 12.3 Å². The number of aromatic nitrogens is 2. The van der Waals surface area contributed by atoms with E-state index < -0.39 is 50.6 Å². The number of anilines is 1. The van der Waals surface area contributed by atoms with Gasteiger partial charge in [-0.3, -0.25) is 0 Å². The lowest BCUT2D eigenvalue weighted by Gasteiger charge is -2.42. The lowest BCUT2D eigenvalue weighted by atomic mass is 9.95. The zero-order valence-corrected chi connectivity index (χ0v) is 22.8. The van der Waals surface area contributed by atoms with Gasteiger partial charge in [-0.1, -0.05) is 18.2 Å². The van der Waals surface area contributed by atoms with Crippen LogP contribution in [0.25, 0.3) is 0 Å². The Balaban J connectivity index is 1.70. The summed E-state index contributed by atoms with van der Waals surface area (Å²) in [5.74, 6) is 0.200. The van der Waals surface area contributed by atoms with E-state index in [4.69, 9.17) is 9.47 Å². The number of sulfone groups is 1. The van der Waals surface area contributed by atoms with Crippen LogP contribution in [0.1, 0.15) is 49.3 Å². The number of benzene rings is 1. The first-order chi connectivity index (χ1) is 18.1. The Bertz CT molecular complexity index is 1350. The summed E-state index contributed by atoms with van der Waals surface area (Å²) in [5.41, 5.74) is -0.949. The number of rotatable bonds is 4. The number of aliphatic hydroxyl groups is 1. The van der Waals surface area contributed by atoms with Crippen LogP contribution in [0.2, 0.25) is 0 Å². The van der Waals surface area contributed by atoms with E-state index in [-0.39, 0.29) is 56.3 Å². The van der Waals surface area contributed by atoms with Gasteiger partial charge in [0.25, 0.3) is 0 Å². The number of nitrogens with zero attached hydrogens (tertiary/aromatic N) is 4. The van der Waals surface area contributed by atoms with Crippen LogP contribution in [0, 0.1) is 0 Å². The highest BCUT2D eigenvalue weighted by Gasteiger charge is 2.39. The third kappa shape index (κ3) is 6.44. The first-order valence-electron chi connectivity index (χ1n) is 12.3. The van der Waals surface area contributed by atoms with Crippen molar-refractivity contribution in [3.05, 3.63) is 46.6 Å². The van der Waals surface area contributed by atoms with Gasteiger partial charge in [0.2, 0.25) is 15.0 Å². The quantitative estimate of drug-likeness (QED) is 0.551. The number of amides is 1. The number of carbonyl (C=O) groups is 1. The maximum Gasteiger partial charge on any atom is 0.416 e. The SMILES string of the molecule is CC(C)(C)OC(=O)N1CCN(c2nc(S(C)(=O)=O)nc3c2COC(c2ccccc2C(F)(F)F)C3)[C@@H](CO)C1. The molecule has 0 radical (unpaired) electrons. The Kier molecular flexibility index (Phi) is 7.85. The first kappa shape index (κ1) is 29.0. The minimum absolute atomic E-state index is 0.0732. The molecule has 0 aliphatic carbocycles. The van der Waals surface area contributed by atoms with Gasteiger partial charge in [0.15, 0.2) is 0 Å². The first-order valence-corrected chi connectivity index (χ1v) is 14.2. The van der Waals surface area contributed by atoms with Gasteiger partial charge in [0, 0.05) is 37.9 Å². The second-order valence-corrected chi connectivity index (χ2v) is 12.5. The molecule has 214 valence electrons. The predicted molar refractivity (Wildman–Crippen MR) is 134 cm³/mol. The minimum Gasteiger partial charge on any atom is -0.444 e. The molecule has 1 aromatic carbocycles. The van der Waals surface area contributed by atoms with Crippen molar-refractivity contribution in [2.24, 2.45) is 0 Å². The monoisotopic (exact) mass is 572 g/mol. The van der Waals surface area contributed by atoms with Gasteiger partial charge in [-0.05, 0) is 32.4 Å². The molecule has 3 heterocycles. The molecule has 2 aliphatic heterocycles. The van der Waals surface area contributed by atoms with Gasteiger partial charge in [-0.15, -0.1) is 0 Å². The molecule has 1 saturated heterocycles. The van der Waals surface area contributed by atoms with Crippen LogP contribution in [0.5, 0.6) is 0 Å². The maximum absolute atomic E-state index is 13.7. The van der Waals surface area contributed by atoms with E-state index in [1.54, 1.807) is 25.7 Å². The smallest absolute Gasteiger partial charge is 0.416 e. The Morgan fingerprint density at radius 2 is 1.87 bits per heavy atom. The van der Waals surface area contributed by atoms with Crippen molar-refractivity contribution in [3.8, 4) is 0 Å². The fourth-order valence-corrected chi connectivity index (χ4v) is 5.18. The summed E-state index contributed by atoms with van der Waals surface area (Å²) >= 11 is 0. The highest BCUT2D eigenvalue weighted by atomic mass is 32.2. The third-order valence-electron chi connectivity index (χ3n) is 6.42. The van der Waals surface area contributed by atoms with E-state index in [0.717, 1.165) is 12.3 Å². The van der Waals surface area contributed by atoms with E-state index >= 15 is 0 Å². The highest BCUT2D eigenvalue weighted by molar-refractivity contribution is 7.90. The number of alkyl halides is 3. The molecule has 1 unspecified atom stereocenters. The molecule has 2 aliphatic rings. The fraction of sp³-hybridized carbons (Fsp3) is 0.560. The second-order valence-electron chi connectivity index (χ2n) is 10.6. The number of hydrogen-bond donors (Lipinski definition) is 1. The number of halogens is 3. The van der Waals surface area contributed by atoms with E-state index in [0.29, 0.717) is 5.56 Å². The molecule has 1 amide bonds. The third-order valence-corrected chi connectivity index (χ3v) is 7.27. The average molecular weight is 573 g/mol. The molecule has 1 N–H and O–H groups in total. The highest BCUT2D eigenvalue weighted by Crippen LogP contribution is 2.40. The molecule has 1 aromatic heterocycles. The summed E-state index contributed by atoms with van der Waals surface area (Å²) in [7, 11) is -3.90. The number of ether oxygens (including phenoxy) is 2. The summed E-state index contributed by atoms with van der Waals surface area (Å²) < 4.78 is 77.2. The largest absolute Gasteiger partial charge is 0.444 e. The molecule has 39 heavy (non-hydrogen) atoms. The summed E-state index contributed by atoms with van der Waals surface area (Å²) in [6.07, 6.45) is -5.32. The summed E-state index contributed by atoms with van der Waals surface area (Å²) in [5, 5.41) is 9.69. The maximum atomic E-state index is 13.7. The lowest BCUT2D eigenvalue weighted by Crippen LogP contribution is -2.57. The zero-order valence-electron chi connectivity index (χ0n) is 22.0. The molecular weight excluding hydrogens is 541 g/mol. The van der Waals surface area contributed by atoms with Crippen LogP contribution in [0.15, 0.2) is 29.4 Å². The summed E-state index contributed by atoms with van der Waals surface area (Å²) in [4.78, 5) is 24.2. The number of carbonyl (C=O) groups excluding carboxylic acids is 1.